The van der Waals surface area contributed by atoms with Crippen LogP contribution >= 0.6 is 0 Å². The lowest BCUT2D eigenvalue weighted by Gasteiger charge is -2.25. The van der Waals surface area contributed by atoms with E-state index < -0.39 is 0 Å². The van der Waals surface area contributed by atoms with Crippen molar-refractivity contribution in [1.82, 2.24) is 15.1 Å². The number of aryl methyl sites for hydroxylation is 2. The Balaban J connectivity index is 3.00. The first kappa shape index (κ1) is 14.9. The molecule has 0 unspecified atom stereocenters. The van der Waals surface area contributed by atoms with Gasteiger partial charge in [0, 0.05) is 39.4 Å². The average molecular weight is 256 g/mol. The first-order valence-corrected chi connectivity index (χ1v) is 6.17. The molecule has 0 radical (unpaired) electrons. The molecule has 0 saturated carbocycles. The summed E-state index contributed by atoms with van der Waals surface area (Å²) in [4.78, 5) is 2.11. The summed E-state index contributed by atoms with van der Waals surface area (Å²) in [6.45, 7) is 4.84. The molecule has 0 bridgehead atoms. The molecule has 0 aliphatic rings. The van der Waals surface area contributed by atoms with Crippen LogP contribution in [0.2, 0.25) is 0 Å². The van der Waals surface area contributed by atoms with Gasteiger partial charge in [-0.15, -0.1) is 0 Å². The molecule has 1 rings (SSSR count). The number of aromatic nitrogens is 2. The summed E-state index contributed by atoms with van der Waals surface area (Å²) in [7, 11) is 5.53. The molecule has 2 N–H and O–H groups in total. The highest BCUT2D eigenvalue weighted by atomic mass is 16.5. The zero-order valence-electron chi connectivity index (χ0n) is 11.7. The maximum Gasteiger partial charge on any atom is 0.131 e. The fourth-order valence-electron chi connectivity index (χ4n) is 2.11. The lowest BCUT2D eigenvalue weighted by Crippen LogP contribution is -2.33. The van der Waals surface area contributed by atoms with Crippen molar-refractivity contribution in [2.24, 2.45) is 7.05 Å². The van der Waals surface area contributed by atoms with Crippen LogP contribution in [0.25, 0.3) is 0 Å². The van der Waals surface area contributed by atoms with Crippen LogP contribution in [0.5, 0.6) is 0 Å². The maximum atomic E-state index is 9.19. The van der Waals surface area contributed by atoms with Gasteiger partial charge in [-0.2, -0.15) is 5.10 Å². The number of nitrogens with one attached hydrogen (secondary N) is 1. The molecule has 0 atom stereocenters. The predicted octanol–water partition coefficient (Wildman–Crippen LogP) is -0.107. The largest absolute Gasteiger partial charge is 0.395 e. The normalized spacial score (nSPS) is 10.9. The molecule has 0 aromatic carbocycles. The summed E-state index contributed by atoms with van der Waals surface area (Å²) < 4.78 is 6.99. The van der Waals surface area contributed by atoms with Gasteiger partial charge in [0.15, 0.2) is 0 Å². The molecule has 1 aromatic heterocycles. The summed E-state index contributed by atoms with van der Waals surface area (Å²) in [6, 6.07) is 0. The van der Waals surface area contributed by atoms with E-state index in [-0.39, 0.29) is 6.61 Å². The Kier molecular flexibility index (Phi) is 6.11. The smallest absolute Gasteiger partial charge is 0.131 e. The van der Waals surface area contributed by atoms with Crippen LogP contribution < -0.4 is 10.2 Å². The van der Waals surface area contributed by atoms with Crippen LogP contribution in [0.4, 0.5) is 5.82 Å². The number of aliphatic hydroxyl groups is 1. The number of hydrogen-bond acceptors (Lipinski definition) is 5. The summed E-state index contributed by atoms with van der Waals surface area (Å²) in [5.74, 6) is 1.05. The zero-order valence-corrected chi connectivity index (χ0v) is 11.7. The first-order chi connectivity index (χ1) is 8.65. The van der Waals surface area contributed by atoms with Crippen molar-refractivity contribution in [3.05, 3.63) is 11.3 Å². The summed E-state index contributed by atoms with van der Waals surface area (Å²) in [5.41, 5.74) is 2.19. The molecular weight excluding hydrogens is 232 g/mol. The van der Waals surface area contributed by atoms with Gasteiger partial charge in [0.2, 0.25) is 0 Å². The molecule has 0 amide bonds. The monoisotopic (exact) mass is 256 g/mol. The van der Waals surface area contributed by atoms with E-state index in [0.717, 1.165) is 24.6 Å². The third-order valence-corrected chi connectivity index (χ3v) is 2.90. The molecule has 1 aromatic rings. The van der Waals surface area contributed by atoms with Gasteiger partial charge in [-0.25, -0.2) is 0 Å². The van der Waals surface area contributed by atoms with E-state index >= 15 is 0 Å². The van der Waals surface area contributed by atoms with Crippen molar-refractivity contribution < 1.29 is 9.84 Å². The molecule has 0 spiro atoms. The van der Waals surface area contributed by atoms with Crippen LogP contribution in [0.3, 0.4) is 0 Å². The molecule has 0 fully saturated rings. The number of nitrogens with zero attached hydrogens (tertiary/aromatic N) is 3. The van der Waals surface area contributed by atoms with Crippen molar-refractivity contribution in [3.8, 4) is 0 Å². The molecule has 0 saturated heterocycles. The van der Waals surface area contributed by atoms with Crippen molar-refractivity contribution in [2.45, 2.75) is 13.5 Å². The predicted molar refractivity (Wildman–Crippen MR) is 71.9 cm³/mol. The quantitative estimate of drug-likeness (QED) is 0.680. The van der Waals surface area contributed by atoms with E-state index in [1.165, 1.54) is 5.56 Å². The number of hydrogen-bond donors (Lipinski definition) is 2. The fourth-order valence-corrected chi connectivity index (χ4v) is 2.11. The van der Waals surface area contributed by atoms with Gasteiger partial charge in [-0.1, -0.05) is 0 Å². The van der Waals surface area contributed by atoms with E-state index in [4.69, 9.17) is 4.74 Å². The first-order valence-electron chi connectivity index (χ1n) is 6.17. The topological polar surface area (TPSA) is 62.6 Å². The SMILES string of the molecule is CNCc1c(C)nn(C)c1N(CCO)CCOC. The van der Waals surface area contributed by atoms with Crippen molar-refractivity contribution in [3.63, 3.8) is 0 Å². The molecular formula is C12H24N4O2. The van der Waals surface area contributed by atoms with Crippen molar-refractivity contribution in [1.29, 1.82) is 0 Å². The second kappa shape index (κ2) is 7.35. The Morgan fingerprint density at radius 2 is 2.17 bits per heavy atom. The summed E-state index contributed by atoms with van der Waals surface area (Å²) in [5, 5.41) is 16.8. The van der Waals surface area contributed by atoms with Gasteiger partial charge in [0.05, 0.1) is 18.9 Å². The van der Waals surface area contributed by atoms with Crippen LogP contribution in [0.15, 0.2) is 0 Å². The Labute approximate surface area is 109 Å². The molecule has 1 heterocycles. The second-order valence-corrected chi connectivity index (χ2v) is 4.24. The molecule has 104 valence electrons. The highest BCUT2D eigenvalue weighted by Gasteiger charge is 2.18. The highest BCUT2D eigenvalue weighted by Crippen LogP contribution is 2.22. The molecule has 0 aliphatic carbocycles. The molecule has 18 heavy (non-hydrogen) atoms. The highest BCUT2D eigenvalue weighted by molar-refractivity contribution is 5.50. The Morgan fingerprint density at radius 1 is 1.44 bits per heavy atom. The molecule has 6 heteroatoms. The third-order valence-electron chi connectivity index (χ3n) is 2.90. The number of ether oxygens (including phenoxy) is 1. The molecule has 6 nitrogen and oxygen atoms in total. The van der Waals surface area contributed by atoms with Crippen LogP contribution in [0, 0.1) is 6.92 Å². The zero-order chi connectivity index (χ0) is 13.5. The van der Waals surface area contributed by atoms with Gasteiger partial charge in [0.25, 0.3) is 0 Å². The van der Waals surface area contributed by atoms with Gasteiger partial charge in [-0.3, -0.25) is 4.68 Å². The molecule has 0 aliphatic heterocycles. The van der Waals surface area contributed by atoms with Crippen molar-refractivity contribution >= 4 is 5.82 Å². The van der Waals surface area contributed by atoms with Crippen LogP contribution in [0.1, 0.15) is 11.3 Å². The van der Waals surface area contributed by atoms with E-state index in [1.54, 1.807) is 7.11 Å². The van der Waals surface area contributed by atoms with Gasteiger partial charge >= 0.3 is 0 Å². The number of methoxy groups -OCH3 is 1. The minimum atomic E-state index is 0.118. The Hall–Kier alpha value is -1.11. The van der Waals surface area contributed by atoms with Crippen LogP contribution in [-0.4, -0.2) is 55.3 Å². The van der Waals surface area contributed by atoms with Gasteiger partial charge in [0.1, 0.15) is 5.82 Å². The number of aliphatic hydroxyl groups excluding tert-OH is 1. The van der Waals surface area contributed by atoms with Crippen LogP contribution in [-0.2, 0) is 18.3 Å². The lowest BCUT2D eigenvalue weighted by atomic mass is 10.2. The summed E-state index contributed by atoms with van der Waals surface area (Å²) in [6.07, 6.45) is 0. The number of rotatable bonds is 8. The maximum absolute atomic E-state index is 9.19. The van der Waals surface area contributed by atoms with E-state index in [9.17, 15) is 5.11 Å². The van der Waals surface area contributed by atoms with Gasteiger partial charge < -0.3 is 20.1 Å². The number of anilines is 1. The Bertz CT molecular complexity index is 365. The Morgan fingerprint density at radius 3 is 2.72 bits per heavy atom. The average Bonchev–Trinajstić information content (AvgIpc) is 2.61. The van der Waals surface area contributed by atoms with Gasteiger partial charge in [-0.05, 0) is 14.0 Å². The second-order valence-electron chi connectivity index (χ2n) is 4.24. The lowest BCUT2D eigenvalue weighted by molar-refractivity contribution is 0.202. The standard InChI is InChI=1S/C12H24N4O2/c1-10-11(9-13-2)12(15(3)14-10)16(5-7-17)6-8-18-4/h13,17H,5-9H2,1-4H3. The fraction of sp³-hybridized carbons (Fsp3) is 0.750. The van der Waals surface area contributed by atoms with E-state index in [0.29, 0.717) is 13.2 Å². The van der Waals surface area contributed by atoms with E-state index in [1.807, 2.05) is 25.7 Å². The van der Waals surface area contributed by atoms with E-state index in [2.05, 4.69) is 15.3 Å². The summed E-state index contributed by atoms with van der Waals surface area (Å²) >= 11 is 0. The van der Waals surface area contributed by atoms with Crippen molar-refractivity contribution in [2.75, 3.05) is 45.4 Å². The minimum Gasteiger partial charge on any atom is -0.395 e. The third kappa shape index (κ3) is 3.44. The minimum absolute atomic E-state index is 0.118.